The van der Waals surface area contributed by atoms with Crippen LogP contribution < -0.4 is 15.4 Å². The summed E-state index contributed by atoms with van der Waals surface area (Å²) < 4.78 is 5.08. The Labute approximate surface area is 141 Å². The first kappa shape index (κ1) is 16.1. The number of methoxy groups -OCH3 is 1. The predicted octanol–water partition coefficient (Wildman–Crippen LogP) is 3.54. The molecule has 2 aromatic carbocycles. The third-order valence-corrected chi connectivity index (χ3v) is 4.21. The van der Waals surface area contributed by atoms with Crippen LogP contribution in [0.25, 0.3) is 0 Å². The number of carbonyl (C=O) groups excluding carboxylic acids is 2. The lowest BCUT2D eigenvalue weighted by molar-refractivity contribution is -0.117. The molecule has 5 heteroatoms. The van der Waals surface area contributed by atoms with Gasteiger partial charge in [0.2, 0.25) is 5.91 Å². The Morgan fingerprint density at radius 3 is 2.04 bits per heavy atom. The summed E-state index contributed by atoms with van der Waals surface area (Å²) >= 11 is 0. The van der Waals surface area contributed by atoms with Crippen LogP contribution >= 0.6 is 0 Å². The number of nitrogens with one attached hydrogen (secondary N) is 2. The van der Waals surface area contributed by atoms with Crippen molar-refractivity contribution in [1.82, 2.24) is 0 Å². The summed E-state index contributed by atoms with van der Waals surface area (Å²) in [6, 6.07) is 14.0. The van der Waals surface area contributed by atoms with E-state index in [9.17, 15) is 9.59 Å². The Bertz CT molecular complexity index is 738. The molecule has 0 saturated heterocycles. The molecule has 2 N–H and O–H groups in total. The first-order valence-electron chi connectivity index (χ1n) is 7.93. The van der Waals surface area contributed by atoms with Gasteiger partial charge < -0.3 is 15.4 Å². The first-order valence-corrected chi connectivity index (χ1v) is 7.93. The van der Waals surface area contributed by atoms with E-state index in [0.29, 0.717) is 22.9 Å². The van der Waals surface area contributed by atoms with Gasteiger partial charge in [-0.2, -0.15) is 0 Å². The maximum atomic E-state index is 12.2. The molecule has 24 heavy (non-hydrogen) atoms. The molecular weight excluding hydrogens is 304 g/mol. The van der Waals surface area contributed by atoms with Crippen LogP contribution in [0, 0.1) is 11.8 Å². The van der Waals surface area contributed by atoms with Crippen LogP contribution in [0.5, 0.6) is 5.75 Å². The molecule has 3 rings (SSSR count). The number of amides is 2. The second-order valence-corrected chi connectivity index (χ2v) is 6.07. The number of ether oxygens (including phenoxy) is 1. The highest BCUT2D eigenvalue weighted by Crippen LogP contribution is 2.38. The molecule has 0 unspecified atom stereocenters. The molecule has 1 aliphatic rings. The van der Waals surface area contributed by atoms with Crippen molar-refractivity contribution in [3.05, 3.63) is 54.1 Å². The number of hydrogen-bond acceptors (Lipinski definition) is 3. The van der Waals surface area contributed by atoms with E-state index in [2.05, 4.69) is 17.6 Å². The van der Waals surface area contributed by atoms with E-state index in [0.717, 1.165) is 12.2 Å². The second-order valence-electron chi connectivity index (χ2n) is 6.07. The zero-order valence-electron chi connectivity index (χ0n) is 13.7. The van der Waals surface area contributed by atoms with Gasteiger partial charge in [-0.1, -0.05) is 6.92 Å². The lowest BCUT2D eigenvalue weighted by atomic mass is 10.2. The van der Waals surface area contributed by atoms with Gasteiger partial charge in [0.25, 0.3) is 5.91 Å². The van der Waals surface area contributed by atoms with Crippen molar-refractivity contribution < 1.29 is 14.3 Å². The zero-order chi connectivity index (χ0) is 17.1. The molecular formula is C19H20N2O3. The van der Waals surface area contributed by atoms with Gasteiger partial charge in [-0.15, -0.1) is 0 Å². The number of hydrogen-bond donors (Lipinski definition) is 2. The summed E-state index contributed by atoms with van der Waals surface area (Å²) in [4.78, 5) is 24.1. The van der Waals surface area contributed by atoms with E-state index in [-0.39, 0.29) is 17.7 Å². The fraction of sp³-hybridized carbons (Fsp3) is 0.263. The van der Waals surface area contributed by atoms with E-state index in [1.54, 1.807) is 55.6 Å². The summed E-state index contributed by atoms with van der Waals surface area (Å²) in [6.07, 6.45) is 0.953. The summed E-state index contributed by atoms with van der Waals surface area (Å²) in [5, 5.41) is 5.70. The Balaban J connectivity index is 1.59. The molecule has 2 atom stereocenters. The minimum absolute atomic E-state index is 0.0536. The van der Waals surface area contributed by atoms with E-state index in [1.807, 2.05) is 0 Å². The van der Waals surface area contributed by atoms with E-state index in [1.165, 1.54) is 0 Å². The standard InChI is InChI=1S/C19H20N2O3/c1-12-11-17(12)19(23)21-14-5-3-13(4-6-14)18(22)20-15-7-9-16(24-2)10-8-15/h3-10,12,17H,11H2,1-2H3,(H,20,22)(H,21,23)/t12-,17+/m1/s1. The topological polar surface area (TPSA) is 67.4 Å². The van der Waals surface area contributed by atoms with E-state index >= 15 is 0 Å². The molecule has 1 aliphatic carbocycles. The summed E-state index contributed by atoms with van der Waals surface area (Å²) in [5.74, 6) is 1.19. The molecule has 0 aliphatic heterocycles. The van der Waals surface area contributed by atoms with Crippen LogP contribution in [0.2, 0.25) is 0 Å². The maximum absolute atomic E-state index is 12.2. The molecule has 0 aromatic heterocycles. The van der Waals surface area contributed by atoms with E-state index in [4.69, 9.17) is 4.74 Å². The smallest absolute Gasteiger partial charge is 0.255 e. The third kappa shape index (κ3) is 3.74. The fourth-order valence-corrected chi connectivity index (χ4v) is 2.50. The van der Waals surface area contributed by atoms with Crippen molar-refractivity contribution in [2.24, 2.45) is 11.8 Å². The first-order chi connectivity index (χ1) is 11.6. The monoisotopic (exact) mass is 324 g/mol. The molecule has 0 spiro atoms. The molecule has 1 saturated carbocycles. The van der Waals surface area contributed by atoms with Crippen molar-refractivity contribution >= 4 is 23.2 Å². The average molecular weight is 324 g/mol. The molecule has 0 heterocycles. The second kappa shape index (κ2) is 6.74. The van der Waals surface area contributed by atoms with Gasteiger partial charge >= 0.3 is 0 Å². The number of rotatable bonds is 5. The average Bonchev–Trinajstić information content (AvgIpc) is 3.33. The molecule has 1 fully saturated rings. The largest absolute Gasteiger partial charge is 0.497 e. The predicted molar refractivity (Wildman–Crippen MR) is 93.3 cm³/mol. The number of carbonyl (C=O) groups is 2. The summed E-state index contributed by atoms with van der Waals surface area (Å²) in [7, 11) is 1.60. The van der Waals surface area contributed by atoms with Gasteiger partial charge in [-0.25, -0.2) is 0 Å². The van der Waals surface area contributed by atoms with Crippen LogP contribution in [-0.2, 0) is 4.79 Å². The van der Waals surface area contributed by atoms with Crippen molar-refractivity contribution in [2.75, 3.05) is 17.7 Å². The highest BCUT2D eigenvalue weighted by Gasteiger charge is 2.39. The SMILES string of the molecule is COc1ccc(NC(=O)c2ccc(NC(=O)[C@H]3C[C@H]3C)cc2)cc1. The Morgan fingerprint density at radius 2 is 1.50 bits per heavy atom. The maximum Gasteiger partial charge on any atom is 0.255 e. The highest BCUT2D eigenvalue weighted by molar-refractivity contribution is 6.04. The Morgan fingerprint density at radius 1 is 0.958 bits per heavy atom. The van der Waals surface area contributed by atoms with Crippen LogP contribution in [0.1, 0.15) is 23.7 Å². The van der Waals surface area contributed by atoms with Crippen LogP contribution in [0.4, 0.5) is 11.4 Å². The van der Waals surface area contributed by atoms with Crippen molar-refractivity contribution in [3.63, 3.8) is 0 Å². The quantitative estimate of drug-likeness (QED) is 0.884. The van der Waals surface area contributed by atoms with Gasteiger partial charge in [-0.3, -0.25) is 9.59 Å². The molecule has 124 valence electrons. The summed E-state index contributed by atoms with van der Waals surface area (Å²) in [6.45, 7) is 2.07. The Kier molecular flexibility index (Phi) is 4.51. The molecule has 0 bridgehead atoms. The normalized spacial score (nSPS) is 18.6. The van der Waals surface area contributed by atoms with Gasteiger partial charge in [-0.05, 0) is 60.9 Å². The third-order valence-electron chi connectivity index (χ3n) is 4.21. The van der Waals surface area contributed by atoms with Gasteiger partial charge in [0, 0.05) is 22.9 Å². The lowest BCUT2D eigenvalue weighted by Crippen LogP contribution is -2.15. The molecule has 2 aromatic rings. The van der Waals surface area contributed by atoms with Crippen molar-refractivity contribution in [3.8, 4) is 5.75 Å². The highest BCUT2D eigenvalue weighted by atomic mass is 16.5. The minimum Gasteiger partial charge on any atom is -0.497 e. The molecule has 5 nitrogen and oxygen atoms in total. The van der Waals surface area contributed by atoms with Crippen LogP contribution in [0.3, 0.4) is 0 Å². The molecule has 0 radical (unpaired) electrons. The molecule has 2 amide bonds. The zero-order valence-corrected chi connectivity index (χ0v) is 13.7. The van der Waals surface area contributed by atoms with Crippen molar-refractivity contribution in [1.29, 1.82) is 0 Å². The minimum atomic E-state index is -0.200. The van der Waals surface area contributed by atoms with Crippen LogP contribution in [-0.4, -0.2) is 18.9 Å². The summed E-state index contributed by atoms with van der Waals surface area (Å²) in [5.41, 5.74) is 1.93. The number of anilines is 2. The Hall–Kier alpha value is -2.82. The fourth-order valence-electron chi connectivity index (χ4n) is 2.50. The number of benzene rings is 2. The van der Waals surface area contributed by atoms with E-state index < -0.39 is 0 Å². The van der Waals surface area contributed by atoms with Gasteiger partial charge in [0.15, 0.2) is 0 Å². The van der Waals surface area contributed by atoms with Crippen LogP contribution in [0.15, 0.2) is 48.5 Å². The lowest BCUT2D eigenvalue weighted by Gasteiger charge is -2.08. The van der Waals surface area contributed by atoms with Gasteiger partial charge in [0.1, 0.15) is 5.75 Å². The van der Waals surface area contributed by atoms with Gasteiger partial charge in [0.05, 0.1) is 7.11 Å². The van der Waals surface area contributed by atoms with Crippen molar-refractivity contribution in [2.45, 2.75) is 13.3 Å².